The van der Waals surface area contributed by atoms with E-state index in [2.05, 4.69) is 78.4 Å². The molecule has 0 atom stereocenters. The van der Waals surface area contributed by atoms with Crippen molar-refractivity contribution < 1.29 is 0 Å². The van der Waals surface area contributed by atoms with Crippen molar-refractivity contribution >= 4 is 33.3 Å². The number of benzene rings is 2. The molecule has 2 heterocycles. The average molecular weight is 377 g/mol. The summed E-state index contributed by atoms with van der Waals surface area (Å²) in [5, 5.41) is 2.26. The highest BCUT2D eigenvalue weighted by molar-refractivity contribution is 7.98. The molecule has 0 amide bonds. The Bertz CT molecular complexity index is 1020. The molecule has 2 aromatic carbocycles. The van der Waals surface area contributed by atoms with Crippen LogP contribution in [0.3, 0.4) is 0 Å². The molecule has 0 saturated heterocycles. The van der Waals surface area contributed by atoms with Crippen LogP contribution < -0.4 is 0 Å². The van der Waals surface area contributed by atoms with Gasteiger partial charge in [-0.1, -0.05) is 61.5 Å². The lowest BCUT2D eigenvalue weighted by atomic mass is 10.0. The van der Waals surface area contributed by atoms with Gasteiger partial charge in [0, 0.05) is 16.2 Å². The molecular formula is C22H20N2S2. The number of hydrogen-bond acceptors (Lipinski definition) is 4. The third kappa shape index (κ3) is 3.39. The van der Waals surface area contributed by atoms with Crippen LogP contribution in [0.5, 0.6) is 0 Å². The lowest BCUT2D eigenvalue weighted by Gasteiger charge is -2.07. The van der Waals surface area contributed by atoms with Crippen LogP contribution in [-0.4, -0.2) is 9.97 Å². The lowest BCUT2D eigenvalue weighted by molar-refractivity contribution is 1.11. The minimum atomic E-state index is 0.916. The Kier molecular flexibility index (Phi) is 5.05. The number of rotatable bonds is 5. The van der Waals surface area contributed by atoms with Crippen LogP contribution in [0.25, 0.3) is 21.3 Å². The maximum Gasteiger partial charge on any atom is 0.128 e. The molecule has 4 heteroatoms. The highest BCUT2D eigenvalue weighted by Crippen LogP contribution is 2.41. The number of fused-ring (bicyclic) bond motifs is 1. The Morgan fingerprint density at radius 2 is 1.65 bits per heavy atom. The first kappa shape index (κ1) is 17.3. The van der Waals surface area contributed by atoms with E-state index in [9.17, 15) is 0 Å². The van der Waals surface area contributed by atoms with E-state index in [4.69, 9.17) is 0 Å². The number of aryl methyl sites for hydroxylation is 2. The zero-order chi connectivity index (χ0) is 17.9. The molecule has 2 aromatic heterocycles. The number of aromatic nitrogens is 2. The second-order valence-corrected chi connectivity index (χ2v) is 8.38. The minimum Gasteiger partial charge on any atom is -0.229 e. The summed E-state index contributed by atoms with van der Waals surface area (Å²) < 4.78 is 0. The molecule has 0 aliphatic heterocycles. The molecule has 0 radical (unpaired) electrons. The van der Waals surface area contributed by atoms with Crippen molar-refractivity contribution in [3.05, 3.63) is 76.9 Å². The van der Waals surface area contributed by atoms with Gasteiger partial charge in [0.05, 0.1) is 5.39 Å². The Labute approximate surface area is 162 Å². The van der Waals surface area contributed by atoms with E-state index in [1.807, 2.05) is 0 Å². The summed E-state index contributed by atoms with van der Waals surface area (Å²) in [6.07, 6.45) is 2.77. The first-order valence-electron chi connectivity index (χ1n) is 8.76. The van der Waals surface area contributed by atoms with Gasteiger partial charge in [0.2, 0.25) is 0 Å². The van der Waals surface area contributed by atoms with Crippen molar-refractivity contribution in [3.8, 4) is 11.1 Å². The smallest absolute Gasteiger partial charge is 0.128 e. The molecule has 26 heavy (non-hydrogen) atoms. The summed E-state index contributed by atoms with van der Waals surface area (Å²) in [6, 6.07) is 19.4. The highest BCUT2D eigenvalue weighted by atomic mass is 32.2. The van der Waals surface area contributed by atoms with E-state index in [-0.39, 0.29) is 0 Å². The predicted molar refractivity (Wildman–Crippen MR) is 113 cm³/mol. The predicted octanol–water partition coefficient (Wildman–Crippen LogP) is 6.52. The van der Waals surface area contributed by atoms with E-state index in [0.29, 0.717) is 0 Å². The third-order valence-electron chi connectivity index (χ3n) is 4.50. The van der Waals surface area contributed by atoms with Gasteiger partial charge in [-0.15, -0.1) is 23.1 Å². The standard InChI is InChI=1S/C22H20N2S2/c1-3-16-9-11-17(12-10-16)13-25-21-20-19(18-7-5-4-6-8-18)15(2)26-22(20)24-14-23-21/h4-12,14H,3,13H2,1-2H3. The van der Waals surface area contributed by atoms with Gasteiger partial charge in [0.25, 0.3) is 0 Å². The number of hydrogen-bond donors (Lipinski definition) is 0. The van der Waals surface area contributed by atoms with Crippen molar-refractivity contribution in [1.82, 2.24) is 9.97 Å². The van der Waals surface area contributed by atoms with Crippen molar-refractivity contribution in [2.45, 2.75) is 31.0 Å². The van der Waals surface area contributed by atoms with Gasteiger partial charge >= 0.3 is 0 Å². The molecule has 0 aliphatic carbocycles. The first-order valence-corrected chi connectivity index (χ1v) is 10.6. The molecule has 0 spiro atoms. The monoisotopic (exact) mass is 376 g/mol. The maximum absolute atomic E-state index is 4.61. The first-order chi connectivity index (χ1) is 12.8. The summed E-state index contributed by atoms with van der Waals surface area (Å²) in [6.45, 7) is 4.36. The zero-order valence-corrected chi connectivity index (χ0v) is 16.5. The quantitative estimate of drug-likeness (QED) is 0.293. The third-order valence-corrected chi connectivity index (χ3v) is 6.57. The summed E-state index contributed by atoms with van der Waals surface area (Å²) in [5.41, 5.74) is 5.21. The molecule has 4 aromatic rings. The van der Waals surface area contributed by atoms with Crippen LogP contribution in [0.15, 0.2) is 66.0 Å². The van der Waals surface area contributed by atoms with Gasteiger partial charge < -0.3 is 0 Å². The van der Waals surface area contributed by atoms with Crippen LogP contribution >= 0.6 is 23.1 Å². The number of nitrogens with zero attached hydrogens (tertiary/aromatic N) is 2. The second-order valence-electron chi connectivity index (χ2n) is 6.22. The summed E-state index contributed by atoms with van der Waals surface area (Å²) in [5.74, 6) is 0.916. The van der Waals surface area contributed by atoms with Crippen LogP contribution in [0.4, 0.5) is 0 Å². The van der Waals surface area contributed by atoms with Crippen LogP contribution in [0, 0.1) is 6.92 Å². The largest absolute Gasteiger partial charge is 0.229 e. The SMILES string of the molecule is CCc1ccc(CSc2ncnc3sc(C)c(-c4ccccc4)c23)cc1. The molecule has 2 nitrogen and oxygen atoms in total. The molecule has 0 saturated carbocycles. The van der Waals surface area contributed by atoms with Crippen molar-refractivity contribution in [2.75, 3.05) is 0 Å². The molecule has 0 unspecified atom stereocenters. The van der Waals surface area contributed by atoms with Crippen LogP contribution in [0.1, 0.15) is 22.9 Å². The molecule has 130 valence electrons. The van der Waals surface area contributed by atoms with Gasteiger partial charge in [-0.3, -0.25) is 0 Å². The molecule has 4 rings (SSSR count). The van der Waals surface area contributed by atoms with Gasteiger partial charge in [-0.05, 0) is 30.0 Å². The highest BCUT2D eigenvalue weighted by Gasteiger charge is 2.16. The van der Waals surface area contributed by atoms with Gasteiger partial charge in [0.15, 0.2) is 0 Å². The fourth-order valence-electron chi connectivity index (χ4n) is 3.10. The van der Waals surface area contributed by atoms with Gasteiger partial charge in [-0.25, -0.2) is 9.97 Å². The van der Waals surface area contributed by atoms with E-state index >= 15 is 0 Å². The molecule has 0 bridgehead atoms. The van der Waals surface area contributed by atoms with E-state index < -0.39 is 0 Å². The van der Waals surface area contributed by atoms with Gasteiger partial charge in [-0.2, -0.15) is 0 Å². The van der Waals surface area contributed by atoms with Crippen molar-refractivity contribution in [1.29, 1.82) is 0 Å². The normalized spacial score (nSPS) is 11.2. The Balaban J connectivity index is 1.71. The number of thioether (sulfide) groups is 1. The average Bonchev–Trinajstić information content (AvgIpc) is 3.03. The maximum atomic E-state index is 4.61. The summed E-state index contributed by atoms with van der Waals surface area (Å²) in [7, 11) is 0. The Morgan fingerprint density at radius 3 is 2.38 bits per heavy atom. The Hall–Kier alpha value is -2.17. The summed E-state index contributed by atoms with van der Waals surface area (Å²) in [4.78, 5) is 11.5. The molecule has 0 aliphatic rings. The summed E-state index contributed by atoms with van der Waals surface area (Å²) >= 11 is 3.54. The zero-order valence-electron chi connectivity index (χ0n) is 14.9. The van der Waals surface area contributed by atoms with Crippen LogP contribution in [-0.2, 0) is 12.2 Å². The lowest BCUT2D eigenvalue weighted by Crippen LogP contribution is -1.88. The van der Waals surface area contributed by atoms with E-state index in [1.54, 1.807) is 29.4 Å². The van der Waals surface area contributed by atoms with E-state index in [1.165, 1.54) is 32.5 Å². The molecule has 0 N–H and O–H groups in total. The van der Waals surface area contributed by atoms with Crippen molar-refractivity contribution in [2.24, 2.45) is 0 Å². The van der Waals surface area contributed by atoms with Crippen molar-refractivity contribution in [3.63, 3.8) is 0 Å². The number of thiophene rings is 1. The topological polar surface area (TPSA) is 25.8 Å². The molecule has 0 fully saturated rings. The fraction of sp³-hybridized carbons (Fsp3) is 0.182. The van der Waals surface area contributed by atoms with E-state index in [0.717, 1.165) is 22.0 Å². The second kappa shape index (κ2) is 7.60. The molecular weight excluding hydrogens is 356 g/mol. The minimum absolute atomic E-state index is 0.916. The van der Waals surface area contributed by atoms with Gasteiger partial charge in [0.1, 0.15) is 16.2 Å². The fourth-order valence-corrected chi connectivity index (χ4v) is 5.14. The Morgan fingerprint density at radius 1 is 0.923 bits per heavy atom. The van der Waals surface area contributed by atoms with Crippen LogP contribution in [0.2, 0.25) is 0 Å².